The Morgan fingerprint density at radius 2 is 2.00 bits per heavy atom. The summed E-state index contributed by atoms with van der Waals surface area (Å²) < 4.78 is 0. The van der Waals surface area contributed by atoms with Crippen molar-refractivity contribution in [2.45, 2.75) is 18.9 Å². The molecule has 3 aromatic heterocycles. The van der Waals surface area contributed by atoms with Crippen molar-refractivity contribution in [1.82, 2.24) is 19.8 Å². The Morgan fingerprint density at radius 1 is 1.16 bits per heavy atom. The number of aliphatic hydroxyl groups is 1. The fourth-order valence-electron chi connectivity index (χ4n) is 4.69. The fourth-order valence-corrected chi connectivity index (χ4v) is 5.91. The van der Waals surface area contributed by atoms with Gasteiger partial charge in [-0.3, -0.25) is 14.7 Å². The quantitative estimate of drug-likeness (QED) is 0.487. The van der Waals surface area contributed by atoms with Crippen LogP contribution >= 0.6 is 11.3 Å². The molecule has 1 unspecified atom stereocenters. The van der Waals surface area contributed by atoms with Crippen LogP contribution in [0.2, 0.25) is 0 Å². The average Bonchev–Trinajstić information content (AvgIpc) is 3.43. The number of nitrogens with zero attached hydrogens (tertiary/aromatic N) is 4. The highest BCUT2D eigenvalue weighted by Gasteiger charge is 2.32. The van der Waals surface area contributed by atoms with Crippen LogP contribution in [0.5, 0.6) is 0 Å². The molecule has 1 amide bonds. The topological polar surface area (TPSA) is 69.6 Å². The molecule has 0 radical (unpaired) electrons. The molecule has 0 aliphatic carbocycles. The average molecular weight is 447 g/mol. The molecule has 5 rings (SSSR count). The molecule has 7 heteroatoms. The molecule has 0 bridgehead atoms. The van der Waals surface area contributed by atoms with E-state index in [2.05, 4.69) is 45.2 Å². The van der Waals surface area contributed by atoms with Crippen LogP contribution in [0.4, 0.5) is 0 Å². The van der Waals surface area contributed by atoms with E-state index >= 15 is 0 Å². The zero-order chi connectivity index (χ0) is 22.1. The van der Waals surface area contributed by atoms with Gasteiger partial charge >= 0.3 is 0 Å². The lowest BCUT2D eigenvalue weighted by molar-refractivity contribution is 0.0770. The van der Waals surface area contributed by atoms with Crippen molar-refractivity contribution in [3.05, 3.63) is 70.9 Å². The van der Waals surface area contributed by atoms with Gasteiger partial charge in [-0.05, 0) is 42.3 Å². The molecule has 6 nitrogen and oxygen atoms in total. The van der Waals surface area contributed by atoms with Gasteiger partial charge in [-0.15, -0.1) is 11.3 Å². The Kier molecular flexibility index (Phi) is 5.87. The van der Waals surface area contributed by atoms with Crippen LogP contribution in [0.1, 0.15) is 33.1 Å². The maximum absolute atomic E-state index is 13.2. The maximum atomic E-state index is 13.2. The number of para-hydroxylation sites is 1. The smallest absolute Gasteiger partial charge is 0.264 e. The summed E-state index contributed by atoms with van der Waals surface area (Å²) >= 11 is 1.47. The highest BCUT2D eigenvalue weighted by molar-refractivity contribution is 7.20. The summed E-state index contributed by atoms with van der Waals surface area (Å²) in [4.78, 5) is 27.9. The molecule has 1 aliphatic rings. The lowest BCUT2D eigenvalue weighted by atomic mass is 9.95. The third-order valence-corrected chi connectivity index (χ3v) is 7.41. The number of rotatable bonds is 6. The third-order valence-electron chi connectivity index (χ3n) is 6.29. The molecular formula is C25H26N4O2S. The van der Waals surface area contributed by atoms with Crippen molar-refractivity contribution in [3.8, 4) is 0 Å². The van der Waals surface area contributed by atoms with Crippen molar-refractivity contribution in [2.24, 2.45) is 0 Å². The Morgan fingerprint density at radius 3 is 2.88 bits per heavy atom. The molecule has 164 valence electrons. The monoisotopic (exact) mass is 446 g/mol. The van der Waals surface area contributed by atoms with Gasteiger partial charge in [0.15, 0.2) is 0 Å². The van der Waals surface area contributed by atoms with Gasteiger partial charge in [0.25, 0.3) is 5.91 Å². The Hall–Kier alpha value is -2.87. The second kappa shape index (κ2) is 8.94. The summed E-state index contributed by atoms with van der Waals surface area (Å²) in [5.74, 6) is 0.248. The van der Waals surface area contributed by atoms with E-state index in [-0.39, 0.29) is 18.4 Å². The molecule has 0 spiro atoms. The standard InChI is InChI=1S/C25H26N4O2S/c1-28(13-14-30)25(31)23-22(20-6-4-10-27-24(20)32-23)18-9-12-29(16-18)15-17-8-11-26-21-7-3-2-5-19(17)21/h2-8,10-11,18,30H,9,12-16H2,1H3. The number of amides is 1. The summed E-state index contributed by atoms with van der Waals surface area (Å²) in [6.07, 6.45) is 4.68. The van der Waals surface area contributed by atoms with Gasteiger partial charge in [-0.1, -0.05) is 24.3 Å². The molecule has 4 aromatic rings. The predicted molar refractivity (Wildman–Crippen MR) is 128 cm³/mol. The summed E-state index contributed by atoms with van der Waals surface area (Å²) in [7, 11) is 1.75. The largest absolute Gasteiger partial charge is 0.395 e. The number of likely N-dealkylation sites (N-methyl/N-ethyl adjacent to an activating group) is 1. The van der Waals surface area contributed by atoms with E-state index in [1.807, 2.05) is 18.3 Å². The molecule has 1 aromatic carbocycles. The summed E-state index contributed by atoms with van der Waals surface area (Å²) in [5.41, 5.74) is 3.43. The molecule has 1 saturated heterocycles. The highest BCUT2D eigenvalue weighted by atomic mass is 32.1. The lowest BCUT2D eigenvalue weighted by Gasteiger charge is -2.19. The zero-order valence-corrected chi connectivity index (χ0v) is 18.9. The van der Waals surface area contributed by atoms with Crippen LogP contribution < -0.4 is 0 Å². The van der Waals surface area contributed by atoms with E-state index < -0.39 is 0 Å². The van der Waals surface area contributed by atoms with E-state index in [1.54, 1.807) is 18.1 Å². The van der Waals surface area contributed by atoms with Crippen LogP contribution in [-0.4, -0.2) is 64.1 Å². The number of aromatic nitrogens is 2. The molecule has 4 heterocycles. The Balaban J connectivity index is 1.44. The molecule has 1 aliphatic heterocycles. The number of hydrogen-bond acceptors (Lipinski definition) is 6. The Labute approximate surface area is 191 Å². The first kappa shape index (κ1) is 21.0. The second-order valence-electron chi connectivity index (χ2n) is 8.36. The predicted octanol–water partition coefficient (Wildman–Crippen LogP) is 3.90. The molecular weight excluding hydrogens is 420 g/mol. The van der Waals surface area contributed by atoms with Gasteiger partial charge in [0.05, 0.1) is 17.0 Å². The normalized spacial score (nSPS) is 16.8. The number of aliphatic hydroxyl groups excluding tert-OH is 1. The molecule has 32 heavy (non-hydrogen) atoms. The molecule has 1 N–H and O–H groups in total. The van der Waals surface area contributed by atoms with Crippen molar-refractivity contribution in [3.63, 3.8) is 0 Å². The van der Waals surface area contributed by atoms with Gasteiger partial charge in [-0.2, -0.15) is 0 Å². The number of hydrogen-bond donors (Lipinski definition) is 1. The van der Waals surface area contributed by atoms with Gasteiger partial charge in [0, 0.05) is 55.8 Å². The Bertz CT molecular complexity index is 1270. The first-order valence-electron chi connectivity index (χ1n) is 10.9. The van der Waals surface area contributed by atoms with E-state index in [1.165, 1.54) is 22.3 Å². The van der Waals surface area contributed by atoms with Crippen molar-refractivity contribution >= 4 is 38.4 Å². The van der Waals surface area contributed by atoms with Gasteiger partial charge < -0.3 is 10.0 Å². The highest BCUT2D eigenvalue weighted by Crippen LogP contribution is 2.40. The van der Waals surface area contributed by atoms with E-state index in [4.69, 9.17) is 0 Å². The van der Waals surface area contributed by atoms with Crippen LogP contribution in [0.25, 0.3) is 21.1 Å². The summed E-state index contributed by atoms with van der Waals surface area (Å²) in [5, 5.41) is 11.6. The minimum atomic E-state index is -0.0438. The summed E-state index contributed by atoms with van der Waals surface area (Å²) in [6.45, 7) is 3.04. The number of carbonyl (C=O) groups is 1. The number of pyridine rings is 2. The number of fused-ring (bicyclic) bond motifs is 2. The fraction of sp³-hybridized carbons (Fsp3) is 0.320. The van der Waals surface area contributed by atoms with Crippen LogP contribution in [-0.2, 0) is 6.54 Å². The van der Waals surface area contributed by atoms with E-state index in [9.17, 15) is 9.90 Å². The second-order valence-corrected chi connectivity index (χ2v) is 9.36. The van der Waals surface area contributed by atoms with Gasteiger partial charge in [0.1, 0.15) is 4.83 Å². The number of benzene rings is 1. The van der Waals surface area contributed by atoms with Crippen LogP contribution in [0.3, 0.4) is 0 Å². The zero-order valence-electron chi connectivity index (χ0n) is 18.1. The number of carbonyl (C=O) groups excluding carboxylic acids is 1. The summed E-state index contributed by atoms with van der Waals surface area (Å²) in [6, 6.07) is 14.4. The van der Waals surface area contributed by atoms with Crippen molar-refractivity contribution in [1.29, 1.82) is 0 Å². The van der Waals surface area contributed by atoms with E-state index in [0.717, 1.165) is 52.2 Å². The molecule has 1 fully saturated rings. The van der Waals surface area contributed by atoms with Crippen molar-refractivity contribution in [2.75, 3.05) is 33.3 Å². The molecule has 0 saturated carbocycles. The van der Waals surface area contributed by atoms with Crippen LogP contribution in [0.15, 0.2) is 54.9 Å². The van der Waals surface area contributed by atoms with Crippen molar-refractivity contribution < 1.29 is 9.90 Å². The van der Waals surface area contributed by atoms with Gasteiger partial charge in [0.2, 0.25) is 0 Å². The first-order valence-corrected chi connectivity index (χ1v) is 11.8. The number of likely N-dealkylation sites (tertiary alicyclic amines) is 1. The first-order chi connectivity index (χ1) is 15.7. The van der Waals surface area contributed by atoms with E-state index in [0.29, 0.717) is 6.54 Å². The minimum Gasteiger partial charge on any atom is -0.395 e. The third kappa shape index (κ3) is 3.88. The SMILES string of the molecule is CN(CCO)C(=O)c1sc2ncccc2c1C1CCN(Cc2ccnc3ccccc23)C1. The number of thiophene rings is 1. The van der Waals surface area contributed by atoms with Gasteiger partial charge in [-0.25, -0.2) is 4.98 Å². The maximum Gasteiger partial charge on any atom is 0.264 e. The van der Waals surface area contributed by atoms with Crippen LogP contribution in [0, 0.1) is 0 Å². The molecule has 1 atom stereocenters. The lowest BCUT2D eigenvalue weighted by Crippen LogP contribution is -2.29. The minimum absolute atomic E-state index is 0.0318.